The second kappa shape index (κ2) is 7.13. The van der Waals surface area contributed by atoms with Gasteiger partial charge in [-0.1, -0.05) is 23.2 Å². The average molecular weight is 444 g/mol. The van der Waals surface area contributed by atoms with Crippen molar-refractivity contribution in [3.63, 3.8) is 0 Å². The minimum absolute atomic E-state index is 0.114. The molecule has 0 aliphatic carbocycles. The third-order valence-electron chi connectivity index (χ3n) is 3.09. The first kappa shape index (κ1) is 16.8. The Morgan fingerprint density at radius 3 is 2.81 bits per heavy atom. The first-order valence-electron chi connectivity index (χ1n) is 6.06. The van der Waals surface area contributed by atoms with Crippen molar-refractivity contribution in [2.24, 2.45) is 0 Å². The van der Waals surface area contributed by atoms with E-state index in [1.54, 1.807) is 12.1 Å². The summed E-state index contributed by atoms with van der Waals surface area (Å²) >= 11 is 14.0. The van der Waals surface area contributed by atoms with Crippen molar-refractivity contribution in [3.8, 4) is 0 Å². The van der Waals surface area contributed by atoms with E-state index in [0.29, 0.717) is 32.3 Å². The van der Waals surface area contributed by atoms with E-state index in [4.69, 9.17) is 32.7 Å². The molecule has 1 amide bonds. The quantitative estimate of drug-likeness (QED) is 0.400. The van der Waals surface area contributed by atoms with Crippen LogP contribution in [0.5, 0.6) is 0 Å². The third kappa shape index (κ3) is 3.61. The SMILES string of the molecule is COC(=O)C1COCCN1C(=O)c1cc(Cl)cc(Cl)c1I. The van der Waals surface area contributed by atoms with Gasteiger partial charge in [0, 0.05) is 15.1 Å². The van der Waals surface area contributed by atoms with Crippen molar-refractivity contribution in [1.29, 1.82) is 0 Å². The predicted molar refractivity (Wildman–Crippen MR) is 86.8 cm³/mol. The molecule has 1 fully saturated rings. The molecular weight excluding hydrogens is 432 g/mol. The van der Waals surface area contributed by atoms with Crippen LogP contribution >= 0.6 is 45.8 Å². The van der Waals surface area contributed by atoms with E-state index in [9.17, 15) is 9.59 Å². The second-order valence-electron chi connectivity index (χ2n) is 4.36. The molecule has 1 heterocycles. The molecule has 1 unspecified atom stereocenters. The molecule has 0 saturated carbocycles. The second-order valence-corrected chi connectivity index (χ2v) is 6.28. The number of esters is 1. The van der Waals surface area contributed by atoms with Crippen molar-refractivity contribution in [3.05, 3.63) is 31.3 Å². The highest BCUT2D eigenvalue weighted by molar-refractivity contribution is 14.1. The van der Waals surface area contributed by atoms with Crippen LogP contribution in [-0.2, 0) is 14.3 Å². The van der Waals surface area contributed by atoms with Crippen LogP contribution in [0, 0.1) is 3.57 Å². The van der Waals surface area contributed by atoms with Crippen LogP contribution in [-0.4, -0.2) is 49.7 Å². The lowest BCUT2D eigenvalue weighted by Gasteiger charge is -2.34. The van der Waals surface area contributed by atoms with Crippen LogP contribution in [0.15, 0.2) is 12.1 Å². The number of rotatable bonds is 2. The zero-order valence-corrected chi connectivity index (χ0v) is 14.7. The summed E-state index contributed by atoms with van der Waals surface area (Å²) in [7, 11) is 1.28. The number of halogens is 3. The van der Waals surface area contributed by atoms with Crippen molar-refractivity contribution in [2.45, 2.75) is 6.04 Å². The molecule has 1 aliphatic rings. The summed E-state index contributed by atoms with van der Waals surface area (Å²) in [6.45, 7) is 0.784. The van der Waals surface area contributed by atoms with Crippen LogP contribution in [0.25, 0.3) is 0 Å². The standard InChI is InChI=1S/C13H12Cl2INO4/c1-20-13(19)10-6-21-3-2-17(10)12(18)8-4-7(14)5-9(15)11(8)16/h4-5,10H,2-3,6H2,1H3. The topological polar surface area (TPSA) is 55.8 Å². The molecule has 8 heteroatoms. The van der Waals surface area contributed by atoms with Gasteiger partial charge in [-0.05, 0) is 34.7 Å². The van der Waals surface area contributed by atoms with E-state index in [1.165, 1.54) is 12.0 Å². The lowest BCUT2D eigenvalue weighted by molar-refractivity contribution is -0.151. The summed E-state index contributed by atoms with van der Waals surface area (Å²) in [6.07, 6.45) is 0. The van der Waals surface area contributed by atoms with E-state index in [1.807, 2.05) is 22.6 Å². The minimum atomic E-state index is -0.759. The fraction of sp³-hybridized carbons (Fsp3) is 0.385. The van der Waals surface area contributed by atoms with E-state index in [-0.39, 0.29) is 12.5 Å². The Morgan fingerprint density at radius 2 is 2.14 bits per heavy atom. The van der Waals surface area contributed by atoms with E-state index < -0.39 is 12.0 Å². The highest BCUT2D eigenvalue weighted by Gasteiger charge is 2.35. The zero-order chi connectivity index (χ0) is 15.6. The molecule has 1 saturated heterocycles. The van der Waals surface area contributed by atoms with Crippen LogP contribution in [0.2, 0.25) is 10.0 Å². The van der Waals surface area contributed by atoms with Gasteiger partial charge in [-0.2, -0.15) is 0 Å². The molecule has 0 bridgehead atoms. The lowest BCUT2D eigenvalue weighted by Crippen LogP contribution is -2.53. The Morgan fingerprint density at radius 1 is 1.43 bits per heavy atom. The van der Waals surface area contributed by atoms with Crippen LogP contribution in [0.4, 0.5) is 0 Å². The Labute approximate surface area is 145 Å². The van der Waals surface area contributed by atoms with Crippen molar-refractivity contribution in [2.75, 3.05) is 26.9 Å². The summed E-state index contributed by atoms with van der Waals surface area (Å²) in [4.78, 5) is 25.9. The number of amides is 1. The van der Waals surface area contributed by atoms with Crippen LogP contribution in [0.1, 0.15) is 10.4 Å². The molecule has 2 rings (SSSR count). The van der Waals surface area contributed by atoms with Crippen LogP contribution in [0.3, 0.4) is 0 Å². The highest BCUT2D eigenvalue weighted by Crippen LogP contribution is 2.28. The summed E-state index contributed by atoms with van der Waals surface area (Å²) < 4.78 is 10.6. The van der Waals surface area contributed by atoms with Crippen molar-refractivity contribution < 1.29 is 19.1 Å². The Hall–Kier alpha value is -0.570. The molecule has 0 spiro atoms. The molecular formula is C13H12Cl2INO4. The number of ether oxygens (including phenoxy) is 2. The normalized spacial score (nSPS) is 18.5. The number of hydrogen-bond acceptors (Lipinski definition) is 4. The molecule has 114 valence electrons. The van der Waals surface area contributed by atoms with Crippen LogP contribution < -0.4 is 0 Å². The molecule has 1 aromatic rings. The van der Waals surface area contributed by atoms with Gasteiger partial charge in [-0.15, -0.1) is 0 Å². The number of carbonyl (C=O) groups is 2. The average Bonchev–Trinajstić information content (AvgIpc) is 2.49. The molecule has 1 atom stereocenters. The monoisotopic (exact) mass is 443 g/mol. The van der Waals surface area contributed by atoms with Crippen molar-refractivity contribution in [1.82, 2.24) is 4.90 Å². The summed E-state index contributed by atoms with van der Waals surface area (Å²) in [6, 6.07) is 2.35. The number of benzene rings is 1. The van der Waals surface area contributed by atoms with Gasteiger partial charge in [0.15, 0.2) is 6.04 Å². The fourth-order valence-electron chi connectivity index (χ4n) is 2.04. The van der Waals surface area contributed by atoms with Gasteiger partial charge in [0.1, 0.15) is 0 Å². The lowest BCUT2D eigenvalue weighted by atomic mass is 10.1. The summed E-state index contributed by atoms with van der Waals surface area (Å²) in [5.41, 5.74) is 0.365. The van der Waals surface area contributed by atoms with Gasteiger partial charge in [-0.3, -0.25) is 4.79 Å². The number of carbonyl (C=O) groups excluding carboxylic acids is 2. The van der Waals surface area contributed by atoms with Crippen molar-refractivity contribution >= 4 is 57.7 Å². The molecule has 1 aliphatic heterocycles. The molecule has 5 nitrogen and oxygen atoms in total. The van der Waals surface area contributed by atoms with Gasteiger partial charge in [0.05, 0.1) is 30.9 Å². The predicted octanol–water partition coefficient (Wildman–Crippen LogP) is 2.61. The first-order valence-corrected chi connectivity index (χ1v) is 7.90. The maximum absolute atomic E-state index is 12.7. The largest absolute Gasteiger partial charge is 0.467 e. The number of nitrogens with zero attached hydrogens (tertiary/aromatic N) is 1. The smallest absolute Gasteiger partial charge is 0.331 e. The highest BCUT2D eigenvalue weighted by atomic mass is 127. The van der Waals surface area contributed by atoms with Gasteiger partial charge in [-0.25, -0.2) is 4.79 Å². The summed E-state index contributed by atoms with van der Waals surface area (Å²) in [5, 5.41) is 0.765. The molecule has 21 heavy (non-hydrogen) atoms. The maximum atomic E-state index is 12.7. The molecule has 0 aromatic heterocycles. The Balaban J connectivity index is 2.35. The van der Waals surface area contributed by atoms with Gasteiger partial charge < -0.3 is 14.4 Å². The fourth-order valence-corrected chi connectivity index (χ4v) is 3.08. The van der Waals surface area contributed by atoms with E-state index >= 15 is 0 Å². The summed E-state index contributed by atoms with van der Waals surface area (Å²) in [5.74, 6) is -0.825. The van der Waals surface area contributed by atoms with E-state index in [2.05, 4.69) is 0 Å². The molecule has 1 aromatic carbocycles. The maximum Gasteiger partial charge on any atom is 0.331 e. The van der Waals surface area contributed by atoms with Gasteiger partial charge >= 0.3 is 5.97 Å². The number of hydrogen-bond donors (Lipinski definition) is 0. The number of morpholine rings is 1. The minimum Gasteiger partial charge on any atom is -0.467 e. The Kier molecular flexibility index (Phi) is 5.70. The van der Waals surface area contributed by atoms with E-state index in [0.717, 1.165) is 0 Å². The molecule has 0 N–H and O–H groups in total. The van der Waals surface area contributed by atoms with Gasteiger partial charge in [0.25, 0.3) is 5.91 Å². The van der Waals surface area contributed by atoms with Gasteiger partial charge in [0.2, 0.25) is 0 Å². The third-order valence-corrected chi connectivity index (χ3v) is 5.08. The zero-order valence-electron chi connectivity index (χ0n) is 11.1. The number of methoxy groups -OCH3 is 1. The first-order chi connectivity index (χ1) is 9.95. The molecule has 0 radical (unpaired) electrons. The Bertz CT molecular complexity index is 582.